The first kappa shape index (κ1) is 11.4. The van der Waals surface area contributed by atoms with Gasteiger partial charge < -0.3 is 0 Å². The molecule has 0 fully saturated rings. The van der Waals surface area contributed by atoms with Crippen LogP contribution < -0.4 is 0 Å². The molecule has 0 aromatic heterocycles. The first-order chi connectivity index (χ1) is 6.75. The average Bonchev–Trinajstić information content (AvgIpc) is 2.18. The third-order valence-corrected chi connectivity index (χ3v) is 3.50. The highest BCUT2D eigenvalue weighted by molar-refractivity contribution is 7.85. The van der Waals surface area contributed by atoms with Gasteiger partial charge in [-0.1, -0.05) is 31.9 Å². The van der Waals surface area contributed by atoms with Crippen molar-refractivity contribution in [2.24, 2.45) is 0 Å². The van der Waals surface area contributed by atoms with Gasteiger partial charge in [0, 0.05) is 5.75 Å². The molecule has 1 aromatic carbocycles. The molecule has 0 saturated heterocycles. The van der Waals surface area contributed by atoms with Gasteiger partial charge in [-0.05, 0) is 18.6 Å². The zero-order chi connectivity index (χ0) is 10.4. The molecule has 14 heavy (non-hydrogen) atoms. The van der Waals surface area contributed by atoms with E-state index in [1.165, 1.54) is 6.07 Å². The van der Waals surface area contributed by atoms with E-state index in [2.05, 4.69) is 6.92 Å². The highest BCUT2D eigenvalue weighted by Crippen LogP contribution is 2.12. The second-order valence-corrected chi connectivity index (χ2v) is 4.73. The Morgan fingerprint density at radius 3 is 2.64 bits per heavy atom. The second kappa shape index (κ2) is 5.91. The molecule has 1 atom stereocenters. The predicted octanol–water partition coefficient (Wildman–Crippen LogP) is 3.12. The van der Waals surface area contributed by atoms with Gasteiger partial charge in [-0.2, -0.15) is 0 Å². The lowest BCUT2D eigenvalue weighted by Gasteiger charge is -2.02. The third-order valence-electron chi connectivity index (χ3n) is 2.02. The van der Waals surface area contributed by atoms with Crippen LogP contribution in [-0.2, 0) is 10.8 Å². The normalized spacial score (nSPS) is 12.7. The van der Waals surface area contributed by atoms with Crippen LogP contribution >= 0.6 is 0 Å². The molecular weight excluding hydrogens is 199 g/mol. The lowest BCUT2D eigenvalue weighted by atomic mass is 10.3. The average molecular weight is 214 g/mol. The summed E-state index contributed by atoms with van der Waals surface area (Å²) in [7, 11) is -1.17. The molecule has 0 spiro atoms. The Hall–Kier alpha value is -0.700. The lowest BCUT2D eigenvalue weighted by molar-refractivity contribution is 0.594. The fraction of sp³-hybridized carbons (Fsp3) is 0.455. The minimum atomic E-state index is -1.17. The topological polar surface area (TPSA) is 17.1 Å². The summed E-state index contributed by atoms with van der Waals surface area (Å²) in [5, 5.41) is 0. The highest BCUT2D eigenvalue weighted by Gasteiger charge is 2.07. The Labute approximate surface area is 86.8 Å². The summed E-state index contributed by atoms with van der Waals surface area (Å²) in [6.07, 6.45) is 3.05. The quantitative estimate of drug-likeness (QED) is 0.688. The van der Waals surface area contributed by atoms with Crippen molar-refractivity contribution in [3.8, 4) is 0 Å². The van der Waals surface area contributed by atoms with Gasteiger partial charge in [0.15, 0.2) is 0 Å². The smallest absolute Gasteiger partial charge is 0.139 e. The summed E-state index contributed by atoms with van der Waals surface area (Å²) in [6, 6.07) is 6.28. The van der Waals surface area contributed by atoms with Crippen molar-refractivity contribution in [3.05, 3.63) is 30.1 Å². The molecule has 0 heterocycles. The van der Waals surface area contributed by atoms with Crippen molar-refractivity contribution < 1.29 is 8.60 Å². The van der Waals surface area contributed by atoms with E-state index in [4.69, 9.17) is 0 Å². The maximum absolute atomic E-state index is 13.2. The standard InChI is InChI=1S/C11H15FOS/c1-2-3-6-9-14(13)11-8-5-4-7-10(11)12/h4-5,7-8H,2-3,6,9H2,1H3. The number of halogens is 1. The van der Waals surface area contributed by atoms with Crippen LogP contribution in [0.5, 0.6) is 0 Å². The summed E-state index contributed by atoms with van der Waals surface area (Å²) >= 11 is 0. The first-order valence-corrected chi connectivity index (χ1v) is 6.20. The van der Waals surface area contributed by atoms with Gasteiger partial charge in [-0.15, -0.1) is 0 Å². The molecule has 0 N–H and O–H groups in total. The van der Waals surface area contributed by atoms with E-state index < -0.39 is 10.8 Å². The molecule has 0 aliphatic heterocycles. The van der Waals surface area contributed by atoms with Crippen molar-refractivity contribution in [2.75, 3.05) is 5.75 Å². The molecule has 1 aromatic rings. The molecule has 0 radical (unpaired) electrons. The predicted molar refractivity (Wildman–Crippen MR) is 57.2 cm³/mol. The number of hydrogen-bond donors (Lipinski definition) is 0. The van der Waals surface area contributed by atoms with E-state index in [0.717, 1.165) is 19.3 Å². The first-order valence-electron chi connectivity index (χ1n) is 4.88. The van der Waals surface area contributed by atoms with Crippen LogP contribution in [0.1, 0.15) is 26.2 Å². The highest BCUT2D eigenvalue weighted by atomic mass is 32.2. The largest absolute Gasteiger partial charge is 0.254 e. The molecule has 3 heteroatoms. The Bertz CT molecular complexity index is 312. The van der Waals surface area contributed by atoms with Gasteiger partial charge >= 0.3 is 0 Å². The van der Waals surface area contributed by atoms with E-state index in [1.807, 2.05) is 0 Å². The van der Waals surface area contributed by atoms with Gasteiger partial charge in [-0.25, -0.2) is 4.39 Å². The van der Waals surface area contributed by atoms with E-state index in [-0.39, 0.29) is 5.82 Å². The van der Waals surface area contributed by atoms with Crippen LogP contribution in [0.3, 0.4) is 0 Å². The van der Waals surface area contributed by atoms with Gasteiger partial charge in [0.2, 0.25) is 0 Å². The van der Waals surface area contributed by atoms with Crippen molar-refractivity contribution in [2.45, 2.75) is 31.1 Å². The minimum absolute atomic E-state index is 0.337. The van der Waals surface area contributed by atoms with Gasteiger partial charge in [-0.3, -0.25) is 4.21 Å². The molecular formula is C11H15FOS. The summed E-state index contributed by atoms with van der Waals surface area (Å²) in [6.45, 7) is 2.09. The fourth-order valence-electron chi connectivity index (χ4n) is 1.22. The zero-order valence-electron chi connectivity index (χ0n) is 8.33. The number of unbranched alkanes of at least 4 members (excludes halogenated alkanes) is 2. The summed E-state index contributed by atoms with van der Waals surface area (Å²) in [5.74, 6) is 0.205. The maximum Gasteiger partial charge on any atom is 0.139 e. The maximum atomic E-state index is 13.2. The monoisotopic (exact) mass is 214 g/mol. The number of benzene rings is 1. The van der Waals surface area contributed by atoms with Crippen LogP contribution in [-0.4, -0.2) is 9.96 Å². The van der Waals surface area contributed by atoms with Crippen LogP contribution in [0.2, 0.25) is 0 Å². The SMILES string of the molecule is CCCCCS(=O)c1ccccc1F. The van der Waals surface area contributed by atoms with E-state index >= 15 is 0 Å². The summed E-state index contributed by atoms with van der Waals surface area (Å²) in [5.41, 5.74) is 0. The molecule has 0 amide bonds. The van der Waals surface area contributed by atoms with Crippen LogP contribution in [0.15, 0.2) is 29.2 Å². The summed E-state index contributed by atoms with van der Waals surface area (Å²) in [4.78, 5) is 0.337. The Morgan fingerprint density at radius 1 is 1.29 bits per heavy atom. The molecule has 0 bridgehead atoms. The fourth-order valence-corrected chi connectivity index (χ4v) is 2.42. The molecule has 1 rings (SSSR count). The van der Waals surface area contributed by atoms with Crippen molar-refractivity contribution in [1.29, 1.82) is 0 Å². The van der Waals surface area contributed by atoms with Gasteiger partial charge in [0.05, 0.1) is 15.7 Å². The molecule has 1 nitrogen and oxygen atoms in total. The van der Waals surface area contributed by atoms with Crippen molar-refractivity contribution in [3.63, 3.8) is 0 Å². The van der Waals surface area contributed by atoms with Crippen molar-refractivity contribution >= 4 is 10.8 Å². The molecule has 0 saturated carbocycles. The lowest BCUT2D eigenvalue weighted by Crippen LogP contribution is -2.00. The molecule has 1 unspecified atom stereocenters. The molecule has 0 aliphatic rings. The summed E-state index contributed by atoms with van der Waals surface area (Å²) < 4.78 is 24.8. The zero-order valence-corrected chi connectivity index (χ0v) is 9.15. The van der Waals surface area contributed by atoms with E-state index in [9.17, 15) is 8.60 Å². The second-order valence-electron chi connectivity index (χ2n) is 3.19. The van der Waals surface area contributed by atoms with E-state index in [1.54, 1.807) is 18.2 Å². The third kappa shape index (κ3) is 3.22. The van der Waals surface area contributed by atoms with Crippen LogP contribution in [0.25, 0.3) is 0 Å². The van der Waals surface area contributed by atoms with Gasteiger partial charge in [0.1, 0.15) is 5.82 Å². The van der Waals surface area contributed by atoms with Gasteiger partial charge in [0.25, 0.3) is 0 Å². The molecule has 78 valence electrons. The Balaban J connectivity index is 2.56. The van der Waals surface area contributed by atoms with E-state index in [0.29, 0.717) is 10.6 Å². The Morgan fingerprint density at radius 2 is 2.00 bits per heavy atom. The number of rotatable bonds is 5. The minimum Gasteiger partial charge on any atom is -0.254 e. The number of hydrogen-bond acceptors (Lipinski definition) is 1. The Kier molecular flexibility index (Phi) is 4.80. The molecule has 0 aliphatic carbocycles. The van der Waals surface area contributed by atoms with Crippen LogP contribution in [0, 0.1) is 5.82 Å². The van der Waals surface area contributed by atoms with Crippen molar-refractivity contribution in [1.82, 2.24) is 0 Å². The van der Waals surface area contributed by atoms with Crippen LogP contribution in [0.4, 0.5) is 4.39 Å².